The molecule has 0 aliphatic rings. The molecule has 1 aromatic heterocycles. The van der Waals surface area contributed by atoms with Crippen molar-refractivity contribution in [3.63, 3.8) is 0 Å². The van der Waals surface area contributed by atoms with Crippen LogP contribution < -0.4 is 15.5 Å². The molecule has 0 atom stereocenters. The average molecular weight is 508 g/mol. The maximum Gasteiger partial charge on any atom is 0.269 e. The maximum atomic E-state index is 12.9. The Morgan fingerprint density at radius 1 is 0.941 bits per heavy atom. The smallest absolute Gasteiger partial charge is 0.269 e. The molecule has 0 spiro atoms. The van der Waals surface area contributed by atoms with Gasteiger partial charge in [-0.15, -0.1) is 11.3 Å². The first-order valence-corrected chi connectivity index (χ1v) is 12.2. The van der Waals surface area contributed by atoms with Crippen LogP contribution in [0.1, 0.15) is 25.6 Å². The summed E-state index contributed by atoms with van der Waals surface area (Å²) in [6.07, 6.45) is 0.731. The molecule has 0 saturated heterocycles. The minimum Gasteiger partial charge on any atom is -0.352 e. The van der Waals surface area contributed by atoms with Crippen LogP contribution in [-0.2, 0) is 6.42 Å². The van der Waals surface area contributed by atoms with Crippen molar-refractivity contribution in [3.8, 4) is 0 Å². The van der Waals surface area contributed by atoms with Crippen molar-refractivity contribution in [1.82, 2.24) is 10.6 Å². The molecule has 4 rings (SSSR count). The number of hydrogen-bond acceptors (Lipinski definition) is 4. The Balaban J connectivity index is 1.44. The Morgan fingerprint density at radius 3 is 2.38 bits per heavy atom. The number of nitrogens with zero attached hydrogens (tertiary/aromatic N) is 1. The van der Waals surface area contributed by atoms with Crippen LogP contribution >= 0.6 is 35.2 Å². The van der Waals surface area contributed by atoms with Gasteiger partial charge in [-0.25, -0.2) is 0 Å². The Bertz CT molecular complexity index is 1350. The van der Waals surface area contributed by atoms with Crippen molar-refractivity contribution in [2.45, 2.75) is 6.42 Å². The second kappa shape index (κ2) is 10.8. The van der Waals surface area contributed by atoms with Crippen LogP contribution in [0, 0.1) is 0 Å². The fourth-order valence-corrected chi connectivity index (χ4v) is 5.13. The first-order valence-electron chi connectivity index (χ1n) is 10.6. The highest BCUT2D eigenvalue weighted by molar-refractivity contribution is 7.80. The average Bonchev–Trinajstić information content (AvgIpc) is 3.21. The highest BCUT2D eigenvalue weighted by atomic mass is 35.5. The lowest BCUT2D eigenvalue weighted by molar-refractivity contribution is 0.0953. The molecule has 34 heavy (non-hydrogen) atoms. The Kier molecular flexibility index (Phi) is 7.57. The van der Waals surface area contributed by atoms with Gasteiger partial charge in [-0.2, -0.15) is 0 Å². The standard InChI is InChI=1S/C26H22ClN3O2S2/c1-30(26(33)29-25(32)23-22(27)19-12-6-8-14-21(19)34-23)20-13-7-5-11-18(20)24(31)28-16-15-17-9-3-2-4-10-17/h2-14H,15-16H2,1H3,(H,28,31)(H,29,32,33). The molecule has 8 heteroatoms. The van der Waals surface area contributed by atoms with Gasteiger partial charge in [-0.05, 0) is 42.4 Å². The topological polar surface area (TPSA) is 61.4 Å². The van der Waals surface area contributed by atoms with E-state index in [4.69, 9.17) is 23.8 Å². The summed E-state index contributed by atoms with van der Waals surface area (Å²) >= 11 is 13.2. The van der Waals surface area contributed by atoms with Gasteiger partial charge < -0.3 is 10.2 Å². The van der Waals surface area contributed by atoms with Gasteiger partial charge in [0.05, 0.1) is 16.3 Å². The normalized spacial score (nSPS) is 10.6. The van der Waals surface area contributed by atoms with Crippen molar-refractivity contribution in [1.29, 1.82) is 0 Å². The molecule has 0 aliphatic carbocycles. The van der Waals surface area contributed by atoms with Gasteiger partial charge in [0.2, 0.25) is 0 Å². The number of rotatable bonds is 6. The van der Waals surface area contributed by atoms with E-state index in [9.17, 15) is 9.59 Å². The molecule has 172 valence electrons. The molecule has 0 radical (unpaired) electrons. The molecule has 2 N–H and O–H groups in total. The number of thiophene rings is 1. The van der Waals surface area contributed by atoms with Crippen molar-refractivity contribution >= 4 is 67.9 Å². The molecule has 0 unspecified atom stereocenters. The molecule has 2 amide bonds. The van der Waals surface area contributed by atoms with E-state index in [1.54, 1.807) is 30.1 Å². The summed E-state index contributed by atoms with van der Waals surface area (Å²) < 4.78 is 0.925. The highest BCUT2D eigenvalue weighted by Gasteiger charge is 2.21. The summed E-state index contributed by atoms with van der Waals surface area (Å²) in [5, 5.41) is 7.10. The molecule has 1 heterocycles. The summed E-state index contributed by atoms with van der Waals surface area (Å²) in [5.41, 5.74) is 2.21. The van der Waals surface area contributed by atoms with E-state index in [1.807, 2.05) is 60.7 Å². The van der Waals surface area contributed by atoms with E-state index in [-0.39, 0.29) is 16.9 Å². The van der Waals surface area contributed by atoms with Crippen molar-refractivity contribution in [2.24, 2.45) is 0 Å². The minimum atomic E-state index is -0.382. The van der Waals surface area contributed by atoms with Crippen LogP contribution in [0.15, 0.2) is 78.9 Å². The number of hydrogen-bond donors (Lipinski definition) is 2. The van der Waals surface area contributed by atoms with E-state index in [0.717, 1.165) is 22.1 Å². The largest absolute Gasteiger partial charge is 0.352 e. The number of halogens is 1. The predicted molar refractivity (Wildman–Crippen MR) is 144 cm³/mol. The van der Waals surface area contributed by atoms with Gasteiger partial charge in [0.25, 0.3) is 11.8 Å². The number of fused-ring (bicyclic) bond motifs is 1. The molecule has 0 fully saturated rings. The van der Waals surface area contributed by atoms with E-state index >= 15 is 0 Å². The minimum absolute atomic E-state index is 0.169. The van der Waals surface area contributed by atoms with Gasteiger partial charge in [0.15, 0.2) is 5.11 Å². The molecule has 0 aliphatic heterocycles. The van der Waals surface area contributed by atoms with E-state index in [1.165, 1.54) is 11.3 Å². The van der Waals surface area contributed by atoms with Crippen LogP contribution in [0.5, 0.6) is 0 Å². The zero-order valence-corrected chi connectivity index (χ0v) is 20.8. The zero-order chi connectivity index (χ0) is 24.1. The second-order valence-corrected chi connectivity index (χ2v) is 9.39. The highest BCUT2D eigenvalue weighted by Crippen LogP contribution is 2.35. The zero-order valence-electron chi connectivity index (χ0n) is 18.4. The Hall–Kier alpha value is -3.26. The van der Waals surface area contributed by atoms with Crippen LogP contribution in [0.2, 0.25) is 5.02 Å². The van der Waals surface area contributed by atoms with Crippen LogP contribution in [0.25, 0.3) is 10.1 Å². The maximum absolute atomic E-state index is 12.9. The van der Waals surface area contributed by atoms with Crippen molar-refractivity contribution in [3.05, 3.63) is 99.9 Å². The van der Waals surface area contributed by atoms with Crippen LogP contribution in [0.4, 0.5) is 5.69 Å². The first kappa shape index (κ1) is 23.9. The third-order valence-electron chi connectivity index (χ3n) is 5.32. The number of para-hydroxylation sites is 1. The lowest BCUT2D eigenvalue weighted by Crippen LogP contribution is -2.41. The summed E-state index contributed by atoms with van der Waals surface area (Å²) in [7, 11) is 1.71. The van der Waals surface area contributed by atoms with E-state index in [0.29, 0.717) is 27.7 Å². The molecular formula is C26H22ClN3O2S2. The number of carbonyl (C=O) groups excluding carboxylic acids is 2. The molecule has 3 aromatic carbocycles. The first-order chi connectivity index (χ1) is 16.5. The van der Waals surface area contributed by atoms with E-state index in [2.05, 4.69) is 10.6 Å². The van der Waals surface area contributed by atoms with Gasteiger partial charge in [-0.3, -0.25) is 14.9 Å². The lowest BCUT2D eigenvalue weighted by atomic mass is 10.1. The lowest BCUT2D eigenvalue weighted by Gasteiger charge is -2.23. The van der Waals surface area contributed by atoms with Gasteiger partial charge in [-0.1, -0.05) is 72.3 Å². The predicted octanol–water partition coefficient (Wildman–Crippen LogP) is 5.68. The van der Waals surface area contributed by atoms with E-state index < -0.39 is 0 Å². The number of carbonyl (C=O) groups is 2. The molecule has 0 saturated carbocycles. The monoisotopic (exact) mass is 507 g/mol. The number of nitrogens with one attached hydrogen (secondary N) is 2. The Labute approximate surface area is 212 Å². The Morgan fingerprint density at radius 2 is 1.62 bits per heavy atom. The fourth-order valence-electron chi connectivity index (χ4n) is 3.53. The third kappa shape index (κ3) is 5.28. The number of amides is 2. The third-order valence-corrected chi connectivity index (χ3v) is 7.37. The molecule has 0 bridgehead atoms. The fraction of sp³-hybridized carbons (Fsp3) is 0.115. The number of thiocarbonyl (C=S) groups is 1. The summed E-state index contributed by atoms with van der Waals surface area (Å²) in [6.45, 7) is 0.506. The quantitative estimate of drug-likeness (QED) is 0.330. The molecule has 4 aromatic rings. The number of benzene rings is 3. The van der Waals surface area contributed by atoms with Crippen molar-refractivity contribution < 1.29 is 9.59 Å². The van der Waals surface area contributed by atoms with Gasteiger partial charge in [0, 0.05) is 23.7 Å². The van der Waals surface area contributed by atoms with Gasteiger partial charge >= 0.3 is 0 Å². The van der Waals surface area contributed by atoms with Crippen LogP contribution in [-0.4, -0.2) is 30.5 Å². The second-order valence-electron chi connectivity index (χ2n) is 7.57. The SMILES string of the molecule is CN(C(=S)NC(=O)c1sc2ccccc2c1Cl)c1ccccc1C(=O)NCCc1ccccc1. The summed E-state index contributed by atoms with van der Waals surface area (Å²) in [5.74, 6) is -0.590. The summed E-state index contributed by atoms with van der Waals surface area (Å²) in [4.78, 5) is 27.8. The summed E-state index contributed by atoms with van der Waals surface area (Å²) in [6, 6.07) is 24.7. The van der Waals surface area contributed by atoms with Crippen molar-refractivity contribution in [2.75, 3.05) is 18.5 Å². The number of anilines is 1. The van der Waals surface area contributed by atoms with Crippen LogP contribution in [0.3, 0.4) is 0 Å². The molecule has 5 nitrogen and oxygen atoms in total. The molecular weight excluding hydrogens is 486 g/mol. The van der Waals surface area contributed by atoms with Gasteiger partial charge in [0.1, 0.15) is 4.88 Å².